The van der Waals surface area contributed by atoms with Gasteiger partial charge in [-0.3, -0.25) is 29.1 Å². The minimum atomic E-state index is -1.28. The average molecular weight is 694 g/mol. The van der Waals surface area contributed by atoms with Gasteiger partial charge < -0.3 is 20.6 Å². The molecule has 268 valence electrons. The summed E-state index contributed by atoms with van der Waals surface area (Å²) in [4.78, 5) is 73.0. The number of nitrogens with zero attached hydrogens (tertiary/aromatic N) is 3. The minimum Gasteiger partial charge on any atom is -0.477 e. The number of aromatic nitrogens is 1. The molecule has 3 aromatic rings. The highest BCUT2D eigenvalue weighted by molar-refractivity contribution is 6.04. The zero-order valence-corrected chi connectivity index (χ0v) is 29.3. The van der Waals surface area contributed by atoms with Crippen molar-refractivity contribution < 1.29 is 29.1 Å². The molecule has 3 N–H and O–H groups in total. The molecule has 0 radical (unpaired) electrons. The van der Waals surface area contributed by atoms with Crippen molar-refractivity contribution >= 4 is 41.4 Å². The monoisotopic (exact) mass is 693 g/mol. The number of aliphatic carboxylic acids is 1. The molecule has 2 fully saturated rings. The quantitative estimate of drug-likeness (QED) is 0.184. The molecule has 2 unspecified atom stereocenters. The van der Waals surface area contributed by atoms with Crippen molar-refractivity contribution in [1.29, 1.82) is 0 Å². The van der Waals surface area contributed by atoms with Crippen molar-refractivity contribution in [2.45, 2.75) is 90.3 Å². The summed E-state index contributed by atoms with van der Waals surface area (Å²) in [6, 6.07) is 19.9. The summed E-state index contributed by atoms with van der Waals surface area (Å²) in [5, 5.41) is 15.5. The van der Waals surface area contributed by atoms with E-state index < -0.39 is 23.6 Å². The molecule has 1 saturated carbocycles. The summed E-state index contributed by atoms with van der Waals surface area (Å²) in [6.07, 6.45) is 10.1. The van der Waals surface area contributed by atoms with Crippen molar-refractivity contribution in [2.75, 3.05) is 11.4 Å². The van der Waals surface area contributed by atoms with E-state index in [1.807, 2.05) is 49.4 Å². The van der Waals surface area contributed by atoms with Gasteiger partial charge in [0.15, 0.2) is 0 Å². The number of pyridine rings is 1. The lowest BCUT2D eigenvalue weighted by atomic mass is 9.81. The first-order valence-corrected chi connectivity index (χ1v) is 17.8. The van der Waals surface area contributed by atoms with Gasteiger partial charge in [-0.15, -0.1) is 0 Å². The molecular weight excluding hydrogens is 646 g/mol. The van der Waals surface area contributed by atoms with Crippen LogP contribution in [0.2, 0.25) is 0 Å². The van der Waals surface area contributed by atoms with Crippen LogP contribution in [-0.2, 0) is 36.8 Å². The van der Waals surface area contributed by atoms with Gasteiger partial charge in [0.2, 0.25) is 17.7 Å². The first-order valence-electron chi connectivity index (χ1n) is 17.8. The maximum atomic E-state index is 14.3. The number of amides is 4. The predicted molar refractivity (Wildman–Crippen MR) is 194 cm³/mol. The summed E-state index contributed by atoms with van der Waals surface area (Å²) in [5.41, 5.74) is 2.05. The molecule has 2 aliphatic rings. The first-order chi connectivity index (χ1) is 24.6. The first kappa shape index (κ1) is 36.9. The lowest BCUT2D eigenvalue weighted by molar-refractivity contribution is -0.137. The number of hydrogen-bond acceptors (Lipinski definition) is 6. The summed E-state index contributed by atoms with van der Waals surface area (Å²) < 4.78 is 0. The number of aryl methyl sites for hydroxylation is 1. The summed E-state index contributed by atoms with van der Waals surface area (Å²) >= 11 is 0. The fourth-order valence-electron chi connectivity index (χ4n) is 7.30. The van der Waals surface area contributed by atoms with E-state index in [1.54, 1.807) is 46.5 Å². The van der Waals surface area contributed by atoms with Crippen LogP contribution < -0.4 is 15.5 Å². The summed E-state index contributed by atoms with van der Waals surface area (Å²) in [6.45, 7) is 3.70. The fraction of sp³-hybridized carbons (Fsp3) is 0.400. The molecule has 11 nitrogen and oxygen atoms in total. The molecule has 2 heterocycles. The topological polar surface area (TPSA) is 149 Å². The number of benzene rings is 2. The largest absolute Gasteiger partial charge is 0.477 e. The van der Waals surface area contributed by atoms with Gasteiger partial charge in [-0.25, -0.2) is 4.79 Å². The van der Waals surface area contributed by atoms with Crippen LogP contribution in [0.1, 0.15) is 81.9 Å². The summed E-state index contributed by atoms with van der Waals surface area (Å²) in [7, 11) is 0. The minimum absolute atomic E-state index is 0.0844. The van der Waals surface area contributed by atoms with Crippen LogP contribution in [0.25, 0.3) is 6.08 Å². The molecule has 11 heteroatoms. The zero-order chi connectivity index (χ0) is 36.4. The molecule has 2 aromatic carbocycles. The molecule has 4 amide bonds. The molecule has 51 heavy (non-hydrogen) atoms. The number of carbonyl (C=O) groups excluding carboxylic acids is 4. The van der Waals surface area contributed by atoms with E-state index in [2.05, 4.69) is 15.6 Å². The highest BCUT2D eigenvalue weighted by Crippen LogP contribution is 2.41. The van der Waals surface area contributed by atoms with Crippen LogP contribution in [0.15, 0.2) is 84.8 Å². The second-order valence-corrected chi connectivity index (χ2v) is 13.5. The third kappa shape index (κ3) is 9.08. The Morgan fingerprint density at radius 2 is 1.69 bits per heavy atom. The Kier molecular flexibility index (Phi) is 12.4. The Hall–Kier alpha value is -5.32. The molecule has 1 aromatic heterocycles. The van der Waals surface area contributed by atoms with Crippen LogP contribution in [-0.4, -0.2) is 63.3 Å². The van der Waals surface area contributed by atoms with Crippen molar-refractivity contribution in [3.8, 4) is 0 Å². The third-order valence-electron chi connectivity index (χ3n) is 9.90. The third-order valence-corrected chi connectivity index (χ3v) is 9.90. The van der Waals surface area contributed by atoms with E-state index in [1.165, 1.54) is 13.0 Å². The average Bonchev–Trinajstić information content (AvgIpc) is 3.71. The second-order valence-electron chi connectivity index (χ2n) is 13.5. The van der Waals surface area contributed by atoms with Crippen LogP contribution in [0, 0.1) is 5.41 Å². The van der Waals surface area contributed by atoms with E-state index >= 15 is 0 Å². The maximum absolute atomic E-state index is 14.3. The van der Waals surface area contributed by atoms with Gasteiger partial charge in [0.25, 0.3) is 5.91 Å². The zero-order valence-electron chi connectivity index (χ0n) is 29.3. The number of carboxylic acids is 1. The Labute approximate surface area is 299 Å². The number of carbonyl (C=O) groups is 5. The summed E-state index contributed by atoms with van der Waals surface area (Å²) in [5.74, 6) is -2.10. The van der Waals surface area contributed by atoms with Crippen molar-refractivity contribution in [2.24, 2.45) is 5.41 Å². The lowest BCUT2D eigenvalue weighted by Crippen LogP contribution is -2.45. The van der Waals surface area contributed by atoms with Crippen LogP contribution in [0.3, 0.4) is 0 Å². The van der Waals surface area contributed by atoms with Crippen molar-refractivity contribution in [3.63, 3.8) is 0 Å². The van der Waals surface area contributed by atoms with E-state index in [0.29, 0.717) is 69.2 Å². The predicted octanol–water partition coefficient (Wildman–Crippen LogP) is 5.26. The van der Waals surface area contributed by atoms with E-state index in [-0.39, 0.29) is 29.3 Å². The molecule has 0 spiro atoms. The Balaban J connectivity index is 1.42. The fourth-order valence-corrected chi connectivity index (χ4v) is 7.30. The molecule has 0 bridgehead atoms. The van der Waals surface area contributed by atoms with Gasteiger partial charge in [-0.1, -0.05) is 68.3 Å². The SMILES string of the molecule is CCCC(=O)N1C(Cc2cccnc2)C(=O)N(c2ccc(/C=C(\NC(=O)C3(CCNC(C)=O)CCCC3)C(=O)O)cc2)C1CCc1ccccc1. The molecular formula is C40H47N5O6. The standard InChI is InChI=1S/C40H47N5O6/c1-3-10-36(47)45-34(26-31-13-9-23-41-27-31)37(48)44(35(45)19-16-29-11-5-4-6-12-29)32-17-14-30(15-18-32)25-33(38(49)50)43-39(51)40(20-7-8-21-40)22-24-42-28(2)46/h4-6,9,11-15,17-18,23,25,27,34-35H,3,7-8,10,16,19-22,24,26H2,1-2H3,(H,42,46)(H,43,51)(H,49,50)/b33-25-. The Bertz CT molecular complexity index is 1720. The van der Waals surface area contributed by atoms with E-state index in [4.69, 9.17) is 0 Å². The molecule has 1 aliphatic carbocycles. The van der Waals surface area contributed by atoms with Crippen molar-refractivity contribution in [1.82, 2.24) is 20.5 Å². The highest BCUT2D eigenvalue weighted by atomic mass is 16.4. The molecule has 2 atom stereocenters. The Morgan fingerprint density at radius 1 is 0.980 bits per heavy atom. The lowest BCUT2D eigenvalue weighted by Gasteiger charge is -2.32. The highest BCUT2D eigenvalue weighted by Gasteiger charge is 2.48. The van der Waals surface area contributed by atoms with Gasteiger partial charge in [-0.05, 0) is 79.5 Å². The van der Waals surface area contributed by atoms with E-state index in [9.17, 15) is 29.1 Å². The van der Waals surface area contributed by atoms with Crippen molar-refractivity contribution in [3.05, 3.63) is 102 Å². The molecule has 1 aliphatic heterocycles. The normalized spacial score (nSPS) is 18.5. The van der Waals surface area contributed by atoms with Gasteiger partial charge in [0.1, 0.15) is 17.9 Å². The number of nitrogens with one attached hydrogen (secondary N) is 2. The van der Waals surface area contributed by atoms with Crippen LogP contribution >= 0.6 is 0 Å². The Morgan fingerprint density at radius 3 is 2.31 bits per heavy atom. The number of anilines is 1. The second kappa shape index (κ2) is 17.1. The molecule has 5 rings (SSSR count). The van der Waals surface area contributed by atoms with E-state index in [0.717, 1.165) is 24.0 Å². The van der Waals surface area contributed by atoms with Gasteiger partial charge >= 0.3 is 5.97 Å². The number of hydrogen-bond donors (Lipinski definition) is 3. The maximum Gasteiger partial charge on any atom is 0.352 e. The van der Waals surface area contributed by atoms with Crippen LogP contribution in [0.4, 0.5) is 5.69 Å². The van der Waals surface area contributed by atoms with Gasteiger partial charge in [0.05, 0.1) is 5.41 Å². The van der Waals surface area contributed by atoms with Crippen LogP contribution in [0.5, 0.6) is 0 Å². The number of carboxylic acid groups (broad SMARTS) is 1. The number of rotatable bonds is 15. The van der Waals surface area contributed by atoms with Gasteiger partial charge in [-0.2, -0.15) is 0 Å². The molecule has 1 saturated heterocycles. The smallest absolute Gasteiger partial charge is 0.352 e. The van der Waals surface area contributed by atoms with Gasteiger partial charge in [0, 0.05) is 44.4 Å².